The fraction of sp³-hybridized carbons (Fsp3) is 0.846. The molecule has 1 aliphatic heterocycles. The Hall–Kier alpha value is 0.180. The van der Waals surface area contributed by atoms with Crippen LogP contribution in [0.3, 0.4) is 0 Å². The third-order valence-electron chi connectivity index (χ3n) is 3.61. The van der Waals surface area contributed by atoms with E-state index in [1.54, 1.807) is 0 Å². The van der Waals surface area contributed by atoms with E-state index in [0.717, 1.165) is 0 Å². The molecule has 1 unspecified atom stereocenters. The van der Waals surface area contributed by atoms with Gasteiger partial charge in [-0.15, -0.1) is 0 Å². The monoisotopic (exact) mass is 272 g/mol. The van der Waals surface area contributed by atoms with E-state index < -0.39 is 0 Å². The number of hydrogen-bond acceptors (Lipinski definition) is 1. The smallest absolute Gasteiger partial charge is 0.0899 e. The van der Waals surface area contributed by atoms with Crippen LogP contribution < -0.4 is 0 Å². The van der Waals surface area contributed by atoms with E-state index in [9.17, 15) is 0 Å². The van der Waals surface area contributed by atoms with Crippen LogP contribution in [-0.4, -0.2) is 11.7 Å². The zero-order valence-corrected chi connectivity index (χ0v) is 11.2. The summed E-state index contributed by atoms with van der Waals surface area (Å²) in [5.41, 5.74) is 0.121. The van der Waals surface area contributed by atoms with Crippen LogP contribution in [-0.2, 0) is 4.74 Å². The Morgan fingerprint density at radius 2 is 2.13 bits per heavy atom. The third-order valence-corrected chi connectivity index (χ3v) is 4.34. The van der Waals surface area contributed by atoms with Crippen molar-refractivity contribution in [3.05, 3.63) is 10.6 Å². The van der Waals surface area contributed by atoms with Crippen molar-refractivity contribution in [1.82, 2.24) is 0 Å². The summed E-state index contributed by atoms with van der Waals surface area (Å²) in [5, 5.41) is 0. The molecule has 0 radical (unpaired) electrons. The van der Waals surface area contributed by atoms with Gasteiger partial charge < -0.3 is 4.74 Å². The summed E-state index contributed by atoms with van der Waals surface area (Å²) in [4.78, 5) is 0. The first-order valence-corrected chi connectivity index (χ1v) is 7.11. The molecular formula is C13H21BrO. The van der Waals surface area contributed by atoms with Gasteiger partial charge in [0, 0.05) is 4.48 Å². The van der Waals surface area contributed by atoms with Gasteiger partial charge >= 0.3 is 0 Å². The molecule has 1 nitrogen and oxygen atoms in total. The molecule has 0 saturated heterocycles. The SMILES string of the molecule is CCCCCC1OC2(C=C1Br)CCCC2. The molecule has 0 aromatic heterocycles. The average molecular weight is 273 g/mol. The molecule has 15 heavy (non-hydrogen) atoms. The summed E-state index contributed by atoms with van der Waals surface area (Å²) in [7, 11) is 0. The van der Waals surface area contributed by atoms with Crippen molar-refractivity contribution in [2.45, 2.75) is 70.0 Å². The first-order valence-electron chi connectivity index (χ1n) is 6.32. The first kappa shape index (κ1) is 11.7. The zero-order valence-electron chi connectivity index (χ0n) is 9.60. The second-order valence-corrected chi connectivity index (χ2v) is 5.82. The fourth-order valence-corrected chi connectivity index (χ4v) is 3.47. The maximum absolute atomic E-state index is 6.23. The lowest BCUT2D eigenvalue weighted by atomic mass is 10.0. The molecule has 1 atom stereocenters. The van der Waals surface area contributed by atoms with E-state index in [0.29, 0.717) is 6.10 Å². The highest BCUT2D eigenvalue weighted by Gasteiger charge is 2.40. The Labute approximate surface area is 101 Å². The Balaban J connectivity index is 1.86. The van der Waals surface area contributed by atoms with Gasteiger partial charge in [-0.3, -0.25) is 0 Å². The van der Waals surface area contributed by atoms with Crippen molar-refractivity contribution in [1.29, 1.82) is 0 Å². The molecule has 1 heterocycles. The average Bonchev–Trinajstić information content (AvgIpc) is 2.77. The van der Waals surface area contributed by atoms with Crippen LogP contribution >= 0.6 is 15.9 Å². The molecule has 2 rings (SSSR count). The Bertz CT molecular complexity index is 241. The Morgan fingerprint density at radius 1 is 1.40 bits per heavy atom. The van der Waals surface area contributed by atoms with Gasteiger partial charge in [-0.25, -0.2) is 0 Å². The highest BCUT2D eigenvalue weighted by atomic mass is 79.9. The number of halogens is 1. The number of ether oxygens (including phenoxy) is 1. The van der Waals surface area contributed by atoms with Gasteiger partial charge in [-0.2, -0.15) is 0 Å². The summed E-state index contributed by atoms with van der Waals surface area (Å²) >= 11 is 3.68. The summed E-state index contributed by atoms with van der Waals surface area (Å²) in [5.74, 6) is 0. The zero-order chi connectivity index (χ0) is 10.7. The van der Waals surface area contributed by atoms with Crippen molar-refractivity contribution < 1.29 is 4.74 Å². The summed E-state index contributed by atoms with van der Waals surface area (Å²) < 4.78 is 7.54. The Kier molecular flexibility index (Phi) is 3.89. The normalized spacial score (nSPS) is 28.7. The molecule has 1 aliphatic carbocycles. The maximum atomic E-state index is 6.23. The maximum Gasteiger partial charge on any atom is 0.0899 e. The van der Waals surface area contributed by atoms with Crippen molar-refractivity contribution in [3.8, 4) is 0 Å². The molecule has 0 aromatic carbocycles. The number of unbranched alkanes of at least 4 members (excludes halogenated alkanes) is 2. The standard InChI is InChI=1S/C13H21BrO/c1-2-3-4-7-12-11(14)10-13(15-12)8-5-6-9-13/h10,12H,2-9H2,1H3. The molecule has 0 amide bonds. The van der Waals surface area contributed by atoms with Crippen LogP contribution in [0, 0.1) is 0 Å². The highest BCUT2D eigenvalue weighted by Crippen LogP contribution is 2.44. The minimum absolute atomic E-state index is 0.121. The van der Waals surface area contributed by atoms with Crippen LogP contribution in [0.1, 0.15) is 58.3 Å². The molecule has 1 fully saturated rings. The van der Waals surface area contributed by atoms with Crippen molar-refractivity contribution in [3.63, 3.8) is 0 Å². The van der Waals surface area contributed by atoms with E-state index in [1.807, 2.05) is 0 Å². The fourth-order valence-electron chi connectivity index (χ4n) is 2.73. The molecule has 0 aromatic rings. The van der Waals surface area contributed by atoms with Gasteiger partial charge in [0.15, 0.2) is 0 Å². The molecular weight excluding hydrogens is 252 g/mol. The first-order chi connectivity index (χ1) is 7.26. The van der Waals surface area contributed by atoms with Gasteiger partial charge in [-0.05, 0) is 25.3 Å². The summed E-state index contributed by atoms with van der Waals surface area (Å²) in [6.45, 7) is 2.25. The second kappa shape index (κ2) is 5.01. The van der Waals surface area contributed by atoms with Gasteiger partial charge in [0.2, 0.25) is 0 Å². The van der Waals surface area contributed by atoms with Crippen molar-refractivity contribution in [2.24, 2.45) is 0 Å². The molecule has 1 spiro atoms. The minimum Gasteiger partial charge on any atom is -0.362 e. The van der Waals surface area contributed by atoms with E-state index in [4.69, 9.17) is 4.74 Å². The molecule has 1 saturated carbocycles. The summed E-state index contributed by atoms with van der Waals surface area (Å²) in [6, 6.07) is 0. The topological polar surface area (TPSA) is 9.23 Å². The molecule has 0 bridgehead atoms. The molecule has 2 aliphatic rings. The highest BCUT2D eigenvalue weighted by molar-refractivity contribution is 9.11. The number of hydrogen-bond donors (Lipinski definition) is 0. The van der Waals surface area contributed by atoms with Crippen LogP contribution in [0.4, 0.5) is 0 Å². The predicted octanol–water partition coefficient (Wildman–Crippen LogP) is 4.56. The molecule has 86 valence electrons. The summed E-state index contributed by atoms with van der Waals surface area (Å²) in [6.07, 6.45) is 12.9. The molecule has 0 N–H and O–H groups in total. The second-order valence-electron chi connectivity index (χ2n) is 4.90. The van der Waals surface area contributed by atoms with Gasteiger partial charge in [0.05, 0.1) is 11.7 Å². The lowest BCUT2D eigenvalue weighted by Gasteiger charge is -2.23. The lowest BCUT2D eigenvalue weighted by molar-refractivity contribution is -0.0232. The van der Waals surface area contributed by atoms with Gasteiger partial charge in [0.25, 0.3) is 0 Å². The Morgan fingerprint density at radius 3 is 2.80 bits per heavy atom. The van der Waals surface area contributed by atoms with Crippen LogP contribution in [0.5, 0.6) is 0 Å². The van der Waals surface area contributed by atoms with Crippen molar-refractivity contribution in [2.75, 3.05) is 0 Å². The van der Waals surface area contributed by atoms with Crippen molar-refractivity contribution >= 4 is 15.9 Å². The van der Waals surface area contributed by atoms with Crippen LogP contribution in [0.25, 0.3) is 0 Å². The predicted molar refractivity (Wildman–Crippen MR) is 67.2 cm³/mol. The van der Waals surface area contributed by atoms with Gasteiger partial charge in [0.1, 0.15) is 0 Å². The minimum atomic E-state index is 0.121. The van der Waals surface area contributed by atoms with Crippen LogP contribution in [0.2, 0.25) is 0 Å². The van der Waals surface area contributed by atoms with E-state index in [-0.39, 0.29) is 5.60 Å². The van der Waals surface area contributed by atoms with Crippen LogP contribution in [0.15, 0.2) is 10.6 Å². The van der Waals surface area contributed by atoms with E-state index in [2.05, 4.69) is 28.9 Å². The lowest BCUT2D eigenvalue weighted by Crippen LogP contribution is -2.25. The van der Waals surface area contributed by atoms with E-state index in [1.165, 1.54) is 55.8 Å². The third kappa shape index (κ3) is 2.65. The largest absolute Gasteiger partial charge is 0.362 e. The number of rotatable bonds is 4. The quantitative estimate of drug-likeness (QED) is 0.682. The van der Waals surface area contributed by atoms with E-state index >= 15 is 0 Å². The van der Waals surface area contributed by atoms with Gasteiger partial charge in [-0.1, -0.05) is 55.0 Å². The molecule has 2 heteroatoms.